The van der Waals surface area contributed by atoms with E-state index in [9.17, 15) is 14.9 Å². The summed E-state index contributed by atoms with van der Waals surface area (Å²) >= 11 is 0. The normalized spacial score (nSPS) is 12.5. The largest absolute Gasteiger partial charge is 0.444 e. The highest BCUT2D eigenvalue weighted by atomic mass is 16.6. The van der Waals surface area contributed by atoms with Crippen LogP contribution in [0, 0.1) is 10.1 Å². The molecule has 122 valence electrons. The number of nitro benzene ring substituents is 1. The molecule has 1 amide bonds. The van der Waals surface area contributed by atoms with Crippen molar-refractivity contribution in [2.24, 2.45) is 0 Å². The molecule has 0 aliphatic rings. The summed E-state index contributed by atoms with van der Waals surface area (Å²) in [6.07, 6.45) is -0.479. The molecule has 2 N–H and O–H groups in total. The number of nitro groups is 1. The van der Waals surface area contributed by atoms with E-state index in [1.807, 2.05) is 6.92 Å². The monoisotopic (exact) mass is 309 g/mol. The van der Waals surface area contributed by atoms with Gasteiger partial charge in [-0.15, -0.1) is 0 Å². The molecule has 7 heteroatoms. The molecular weight excluding hydrogens is 286 g/mol. The Labute approximate surface area is 130 Å². The SMILES string of the molecule is CC(CNCc1ccccc1[N+](=O)[O-])NC(=O)OC(C)(C)C. The van der Waals surface area contributed by atoms with Crippen LogP contribution in [-0.2, 0) is 11.3 Å². The van der Waals surface area contributed by atoms with Crippen molar-refractivity contribution >= 4 is 11.8 Å². The number of rotatable bonds is 6. The summed E-state index contributed by atoms with van der Waals surface area (Å²) in [5.41, 5.74) is 0.154. The van der Waals surface area contributed by atoms with Crippen LogP contribution in [0.5, 0.6) is 0 Å². The Morgan fingerprint density at radius 3 is 2.59 bits per heavy atom. The molecule has 0 spiro atoms. The van der Waals surface area contributed by atoms with Crippen LogP contribution < -0.4 is 10.6 Å². The maximum Gasteiger partial charge on any atom is 0.407 e. The van der Waals surface area contributed by atoms with Crippen LogP contribution in [0.2, 0.25) is 0 Å². The van der Waals surface area contributed by atoms with Gasteiger partial charge in [0.25, 0.3) is 5.69 Å². The Hall–Kier alpha value is -2.15. The maximum atomic E-state index is 11.6. The van der Waals surface area contributed by atoms with Crippen molar-refractivity contribution in [3.63, 3.8) is 0 Å². The lowest BCUT2D eigenvalue weighted by Crippen LogP contribution is -2.42. The van der Waals surface area contributed by atoms with Crippen molar-refractivity contribution in [3.05, 3.63) is 39.9 Å². The molecule has 0 aliphatic heterocycles. The fraction of sp³-hybridized carbons (Fsp3) is 0.533. The van der Waals surface area contributed by atoms with E-state index in [-0.39, 0.29) is 11.7 Å². The number of ether oxygens (including phenoxy) is 1. The van der Waals surface area contributed by atoms with E-state index >= 15 is 0 Å². The van der Waals surface area contributed by atoms with Crippen LogP contribution >= 0.6 is 0 Å². The molecule has 1 atom stereocenters. The number of benzene rings is 1. The number of carbonyl (C=O) groups excluding carboxylic acids is 1. The fourth-order valence-corrected chi connectivity index (χ4v) is 1.82. The number of nitrogens with one attached hydrogen (secondary N) is 2. The molecule has 0 aliphatic carbocycles. The first-order valence-electron chi connectivity index (χ1n) is 7.11. The predicted molar refractivity (Wildman–Crippen MR) is 83.6 cm³/mol. The summed E-state index contributed by atoms with van der Waals surface area (Å²) in [5.74, 6) is 0. The second kappa shape index (κ2) is 7.74. The predicted octanol–water partition coefficient (Wildman–Crippen LogP) is 2.60. The van der Waals surface area contributed by atoms with Gasteiger partial charge in [-0.2, -0.15) is 0 Å². The van der Waals surface area contributed by atoms with E-state index in [0.717, 1.165) is 0 Å². The lowest BCUT2D eigenvalue weighted by atomic mass is 10.2. The quantitative estimate of drug-likeness (QED) is 0.622. The van der Waals surface area contributed by atoms with Gasteiger partial charge in [0, 0.05) is 30.8 Å². The van der Waals surface area contributed by atoms with Crippen LogP contribution in [0.15, 0.2) is 24.3 Å². The average Bonchev–Trinajstić information content (AvgIpc) is 2.36. The highest BCUT2D eigenvalue weighted by molar-refractivity contribution is 5.68. The first-order valence-corrected chi connectivity index (χ1v) is 7.11. The summed E-state index contributed by atoms with van der Waals surface area (Å²) in [5, 5.41) is 16.7. The van der Waals surface area contributed by atoms with Gasteiger partial charge in [-0.3, -0.25) is 10.1 Å². The highest BCUT2D eigenvalue weighted by Gasteiger charge is 2.17. The minimum Gasteiger partial charge on any atom is -0.444 e. The zero-order valence-electron chi connectivity index (χ0n) is 13.4. The Kier molecular flexibility index (Phi) is 6.30. The van der Waals surface area contributed by atoms with E-state index in [0.29, 0.717) is 18.7 Å². The first kappa shape index (κ1) is 17.9. The molecule has 0 fully saturated rings. The van der Waals surface area contributed by atoms with E-state index in [4.69, 9.17) is 4.74 Å². The minimum atomic E-state index is -0.540. The van der Waals surface area contributed by atoms with Crippen molar-refractivity contribution in [1.29, 1.82) is 0 Å². The van der Waals surface area contributed by atoms with E-state index in [2.05, 4.69) is 10.6 Å². The van der Waals surface area contributed by atoms with Crippen molar-refractivity contribution in [1.82, 2.24) is 10.6 Å². The number of carbonyl (C=O) groups is 1. The van der Waals surface area contributed by atoms with E-state index < -0.39 is 16.6 Å². The number of hydrogen-bond donors (Lipinski definition) is 2. The van der Waals surface area contributed by atoms with E-state index in [1.165, 1.54) is 6.07 Å². The van der Waals surface area contributed by atoms with Crippen molar-refractivity contribution in [3.8, 4) is 0 Å². The van der Waals surface area contributed by atoms with Crippen molar-refractivity contribution in [2.75, 3.05) is 6.54 Å². The molecule has 0 heterocycles. The van der Waals surface area contributed by atoms with Crippen LogP contribution in [-0.4, -0.2) is 29.2 Å². The van der Waals surface area contributed by atoms with Gasteiger partial charge in [-0.1, -0.05) is 18.2 Å². The standard InChI is InChI=1S/C15H23N3O4/c1-11(17-14(19)22-15(2,3)4)9-16-10-12-7-5-6-8-13(12)18(20)21/h5-8,11,16H,9-10H2,1-4H3,(H,17,19). The third-order valence-electron chi connectivity index (χ3n) is 2.72. The third kappa shape index (κ3) is 6.53. The molecule has 7 nitrogen and oxygen atoms in total. The van der Waals surface area contributed by atoms with Crippen LogP contribution in [0.25, 0.3) is 0 Å². The smallest absolute Gasteiger partial charge is 0.407 e. The van der Waals surface area contributed by atoms with Gasteiger partial charge in [-0.25, -0.2) is 4.79 Å². The zero-order valence-corrected chi connectivity index (χ0v) is 13.4. The van der Waals surface area contributed by atoms with Gasteiger partial charge in [0.2, 0.25) is 0 Å². The summed E-state index contributed by atoms with van der Waals surface area (Å²) < 4.78 is 5.16. The van der Waals surface area contributed by atoms with Gasteiger partial charge in [0.1, 0.15) is 5.60 Å². The number of alkyl carbamates (subject to hydrolysis) is 1. The van der Waals surface area contributed by atoms with Crippen molar-refractivity contribution < 1.29 is 14.5 Å². The molecule has 22 heavy (non-hydrogen) atoms. The highest BCUT2D eigenvalue weighted by Crippen LogP contribution is 2.16. The number of hydrogen-bond acceptors (Lipinski definition) is 5. The minimum absolute atomic E-state index is 0.0859. The summed E-state index contributed by atoms with van der Waals surface area (Å²) in [4.78, 5) is 22.1. The third-order valence-corrected chi connectivity index (χ3v) is 2.72. The summed E-state index contributed by atoms with van der Waals surface area (Å²) in [6, 6.07) is 6.41. The molecule has 0 saturated heterocycles. The molecule has 1 rings (SSSR count). The maximum absolute atomic E-state index is 11.6. The first-order chi connectivity index (χ1) is 10.2. The van der Waals surface area contributed by atoms with Crippen molar-refractivity contribution in [2.45, 2.75) is 45.9 Å². The van der Waals surface area contributed by atoms with Crippen LogP contribution in [0.1, 0.15) is 33.3 Å². The molecule has 1 aromatic carbocycles. The van der Waals surface area contributed by atoms with Crippen LogP contribution in [0.3, 0.4) is 0 Å². The fourth-order valence-electron chi connectivity index (χ4n) is 1.82. The Morgan fingerprint density at radius 1 is 1.36 bits per heavy atom. The number of nitrogens with zero attached hydrogens (tertiary/aromatic N) is 1. The van der Waals surface area contributed by atoms with Gasteiger partial charge in [-0.05, 0) is 27.7 Å². The van der Waals surface area contributed by atoms with E-state index in [1.54, 1.807) is 39.0 Å². The molecular formula is C15H23N3O4. The second-order valence-electron chi connectivity index (χ2n) is 6.06. The zero-order chi connectivity index (χ0) is 16.8. The van der Waals surface area contributed by atoms with Gasteiger partial charge >= 0.3 is 6.09 Å². The summed E-state index contributed by atoms with van der Waals surface area (Å²) in [6.45, 7) is 8.05. The topological polar surface area (TPSA) is 93.5 Å². The van der Waals surface area contributed by atoms with Gasteiger partial charge in [0.05, 0.1) is 4.92 Å². The molecule has 1 unspecified atom stereocenters. The average molecular weight is 309 g/mol. The summed E-state index contributed by atoms with van der Waals surface area (Å²) in [7, 11) is 0. The Morgan fingerprint density at radius 2 is 2.00 bits per heavy atom. The van der Waals surface area contributed by atoms with Gasteiger partial charge < -0.3 is 15.4 Å². The molecule has 0 radical (unpaired) electrons. The second-order valence-corrected chi connectivity index (χ2v) is 6.06. The molecule has 1 aromatic rings. The Balaban J connectivity index is 2.41. The lowest BCUT2D eigenvalue weighted by Gasteiger charge is -2.22. The molecule has 0 aromatic heterocycles. The number of amides is 1. The Bertz CT molecular complexity index is 526. The lowest BCUT2D eigenvalue weighted by molar-refractivity contribution is -0.385. The van der Waals surface area contributed by atoms with Crippen LogP contribution in [0.4, 0.5) is 10.5 Å². The van der Waals surface area contributed by atoms with Gasteiger partial charge in [0.15, 0.2) is 0 Å². The molecule has 0 bridgehead atoms. The molecule has 0 saturated carbocycles. The number of para-hydroxylation sites is 1.